The normalized spacial score (nSPS) is 18.0. The van der Waals surface area contributed by atoms with Crippen molar-refractivity contribution in [3.05, 3.63) is 58.3 Å². The minimum atomic E-state index is -0.888. The van der Waals surface area contributed by atoms with E-state index in [1.54, 1.807) is 19.1 Å². The monoisotopic (exact) mass is 490 g/mol. The van der Waals surface area contributed by atoms with Crippen LogP contribution < -0.4 is 25.9 Å². The standard InChI is InChI=1S/C23H24F2N4O4S/c1-14(34)26-12-17-13-29(23(31)33-17)16-10-18(24)22(19(25)11-16)27-15-2-4-20(21(30)5-3-15)28-6-8-32-9-7-28/h2-5,10-11,17,27H,6-9,12-13H2,1H3,(H,26,34)/t17-/m0/s1. The van der Waals surface area contributed by atoms with Crippen LogP contribution >= 0.6 is 12.2 Å². The molecule has 11 heteroatoms. The summed E-state index contributed by atoms with van der Waals surface area (Å²) in [6.45, 7) is 4.38. The number of hydrogen-bond donors (Lipinski definition) is 2. The molecule has 0 spiro atoms. The van der Waals surface area contributed by atoms with Crippen molar-refractivity contribution in [1.29, 1.82) is 0 Å². The van der Waals surface area contributed by atoms with Gasteiger partial charge in [-0.2, -0.15) is 0 Å². The fraction of sp³-hybridized carbons (Fsp3) is 0.348. The smallest absolute Gasteiger partial charge is 0.414 e. The molecule has 2 saturated heterocycles. The Hall–Kier alpha value is -3.31. The van der Waals surface area contributed by atoms with Crippen molar-refractivity contribution in [1.82, 2.24) is 5.32 Å². The summed E-state index contributed by atoms with van der Waals surface area (Å²) in [6, 6.07) is 8.16. The van der Waals surface area contributed by atoms with Crippen molar-refractivity contribution in [2.45, 2.75) is 13.0 Å². The number of anilines is 4. The molecule has 0 aromatic heterocycles. The average molecular weight is 491 g/mol. The third kappa shape index (κ3) is 5.42. The molecule has 34 heavy (non-hydrogen) atoms. The predicted octanol–water partition coefficient (Wildman–Crippen LogP) is 3.17. The Morgan fingerprint density at radius 1 is 1.12 bits per heavy atom. The van der Waals surface area contributed by atoms with Gasteiger partial charge in [-0.3, -0.25) is 9.69 Å². The molecule has 0 radical (unpaired) electrons. The molecule has 0 unspecified atom stereocenters. The van der Waals surface area contributed by atoms with Crippen molar-refractivity contribution in [2.75, 3.05) is 54.5 Å². The highest BCUT2D eigenvalue weighted by Crippen LogP contribution is 2.30. The summed E-state index contributed by atoms with van der Waals surface area (Å²) in [6.07, 6.45) is -1.19. The second-order valence-corrected chi connectivity index (χ2v) is 8.55. The number of thiocarbonyl (C=S) groups is 1. The van der Waals surface area contributed by atoms with E-state index in [0.29, 0.717) is 49.2 Å². The lowest BCUT2D eigenvalue weighted by Gasteiger charge is -2.27. The van der Waals surface area contributed by atoms with Crippen LogP contribution in [0, 0.1) is 11.6 Å². The van der Waals surface area contributed by atoms with E-state index in [9.17, 15) is 18.4 Å². The Balaban J connectivity index is 1.52. The fourth-order valence-electron chi connectivity index (χ4n) is 3.78. The van der Waals surface area contributed by atoms with E-state index in [1.807, 2.05) is 4.90 Å². The van der Waals surface area contributed by atoms with Gasteiger partial charge in [0.1, 0.15) is 11.8 Å². The molecule has 0 aliphatic carbocycles. The molecule has 2 heterocycles. The molecule has 2 N–H and O–H groups in total. The van der Waals surface area contributed by atoms with E-state index < -0.39 is 29.5 Å². The molecule has 0 bridgehead atoms. The highest BCUT2D eigenvalue weighted by molar-refractivity contribution is 7.80. The van der Waals surface area contributed by atoms with Gasteiger partial charge < -0.3 is 25.0 Å². The van der Waals surface area contributed by atoms with Crippen molar-refractivity contribution in [3.63, 3.8) is 0 Å². The molecule has 2 fully saturated rings. The Morgan fingerprint density at radius 2 is 1.79 bits per heavy atom. The first-order valence-electron chi connectivity index (χ1n) is 10.8. The maximum atomic E-state index is 14.9. The molecule has 180 valence electrons. The lowest BCUT2D eigenvalue weighted by atomic mass is 10.2. The first-order valence-corrected chi connectivity index (χ1v) is 11.2. The first kappa shape index (κ1) is 23.8. The van der Waals surface area contributed by atoms with E-state index in [2.05, 4.69) is 10.6 Å². The van der Waals surface area contributed by atoms with Gasteiger partial charge in [-0.1, -0.05) is 12.2 Å². The molecule has 2 aliphatic rings. The van der Waals surface area contributed by atoms with Crippen LogP contribution in [0.25, 0.3) is 0 Å². The van der Waals surface area contributed by atoms with E-state index in [0.717, 1.165) is 12.1 Å². The lowest BCUT2D eigenvalue weighted by Crippen LogP contribution is -2.38. The van der Waals surface area contributed by atoms with Crippen LogP contribution in [0.15, 0.2) is 41.2 Å². The number of ether oxygens (including phenoxy) is 2. The second-order valence-electron chi connectivity index (χ2n) is 7.93. The SMILES string of the molecule is CC(=S)NC[C@H]1CN(c2cc(F)c(Nc3ccc(N4CCOCC4)c(=O)cc3)c(F)c2)C(=O)O1. The molecule has 8 nitrogen and oxygen atoms in total. The Labute approximate surface area is 200 Å². The van der Waals surface area contributed by atoms with Crippen LogP contribution in [-0.2, 0) is 9.47 Å². The summed E-state index contributed by atoms with van der Waals surface area (Å²) in [4.78, 5) is 28.3. The third-order valence-corrected chi connectivity index (χ3v) is 5.64. The zero-order chi connectivity index (χ0) is 24.2. The highest BCUT2D eigenvalue weighted by atomic mass is 32.1. The van der Waals surface area contributed by atoms with E-state index in [1.165, 1.54) is 17.0 Å². The zero-order valence-corrected chi connectivity index (χ0v) is 19.3. The number of hydrogen-bond acceptors (Lipinski definition) is 7. The molecule has 1 atom stereocenters. The Bertz CT molecular complexity index is 1140. The van der Waals surface area contributed by atoms with Gasteiger partial charge in [-0.15, -0.1) is 0 Å². The molecule has 1 amide bonds. The summed E-state index contributed by atoms with van der Waals surface area (Å²) in [5.41, 5.74) is 0.281. The van der Waals surface area contributed by atoms with Crippen LogP contribution in [0.3, 0.4) is 0 Å². The number of halogens is 2. The Morgan fingerprint density at radius 3 is 2.47 bits per heavy atom. The maximum absolute atomic E-state index is 14.9. The van der Waals surface area contributed by atoms with Crippen molar-refractivity contribution in [3.8, 4) is 0 Å². The second kappa shape index (κ2) is 10.3. The van der Waals surface area contributed by atoms with Gasteiger partial charge in [-0.05, 0) is 31.2 Å². The molecular weight excluding hydrogens is 466 g/mol. The van der Waals surface area contributed by atoms with Crippen LogP contribution in [0.2, 0.25) is 0 Å². The maximum Gasteiger partial charge on any atom is 0.414 e. The largest absolute Gasteiger partial charge is 0.442 e. The van der Waals surface area contributed by atoms with Crippen LogP contribution in [0.1, 0.15) is 6.92 Å². The lowest BCUT2D eigenvalue weighted by molar-refractivity contribution is 0.122. The number of amides is 1. The van der Waals surface area contributed by atoms with Gasteiger partial charge in [0.2, 0.25) is 5.43 Å². The third-order valence-electron chi connectivity index (χ3n) is 5.50. The summed E-state index contributed by atoms with van der Waals surface area (Å²) >= 11 is 4.94. The summed E-state index contributed by atoms with van der Waals surface area (Å²) in [7, 11) is 0. The van der Waals surface area contributed by atoms with E-state index in [-0.39, 0.29) is 17.7 Å². The van der Waals surface area contributed by atoms with Crippen molar-refractivity contribution < 1.29 is 23.0 Å². The fourth-order valence-corrected chi connectivity index (χ4v) is 3.86. The van der Waals surface area contributed by atoms with Crippen LogP contribution in [0.4, 0.5) is 36.3 Å². The van der Waals surface area contributed by atoms with Crippen molar-refractivity contribution >= 4 is 46.0 Å². The minimum Gasteiger partial charge on any atom is -0.442 e. The zero-order valence-electron chi connectivity index (χ0n) is 18.5. The molecule has 4 rings (SSSR count). The van der Waals surface area contributed by atoms with Gasteiger partial charge >= 0.3 is 6.09 Å². The number of nitrogens with one attached hydrogen (secondary N) is 2. The van der Waals surface area contributed by atoms with Crippen molar-refractivity contribution in [2.24, 2.45) is 0 Å². The molecule has 2 aromatic carbocycles. The molecule has 2 aliphatic heterocycles. The van der Waals surface area contributed by atoms with Gasteiger partial charge in [0.15, 0.2) is 11.6 Å². The van der Waals surface area contributed by atoms with Gasteiger partial charge in [0.05, 0.1) is 42.7 Å². The quantitative estimate of drug-likeness (QED) is 0.598. The van der Waals surface area contributed by atoms with Gasteiger partial charge in [0.25, 0.3) is 0 Å². The van der Waals surface area contributed by atoms with E-state index in [4.69, 9.17) is 21.7 Å². The topological polar surface area (TPSA) is 83.1 Å². The number of rotatable bonds is 6. The Kier molecular flexibility index (Phi) is 7.23. The summed E-state index contributed by atoms with van der Waals surface area (Å²) in [5.74, 6) is -1.78. The number of nitrogens with zero attached hydrogens (tertiary/aromatic N) is 2. The van der Waals surface area contributed by atoms with Crippen LogP contribution in [-0.4, -0.2) is 56.6 Å². The number of benzene rings is 1. The number of carbonyl (C=O) groups excluding carboxylic acids is 1. The minimum absolute atomic E-state index is 0.0437. The number of morpholine rings is 1. The predicted molar refractivity (Wildman–Crippen MR) is 129 cm³/mol. The highest BCUT2D eigenvalue weighted by Gasteiger charge is 2.33. The summed E-state index contributed by atoms with van der Waals surface area (Å²) in [5, 5.41) is 5.61. The number of carbonyl (C=O) groups is 1. The molecule has 2 aromatic rings. The first-order chi connectivity index (χ1) is 16.3. The van der Waals surface area contributed by atoms with Crippen LogP contribution in [0.5, 0.6) is 0 Å². The average Bonchev–Trinajstić information content (AvgIpc) is 3.08. The van der Waals surface area contributed by atoms with Gasteiger partial charge in [-0.25, -0.2) is 13.6 Å². The number of cyclic esters (lactones) is 1. The molecule has 0 saturated carbocycles. The summed E-state index contributed by atoms with van der Waals surface area (Å²) < 4.78 is 40.3. The van der Waals surface area contributed by atoms with Gasteiger partial charge in [0, 0.05) is 30.9 Å². The molecular formula is C23H24F2N4O4S. The van der Waals surface area contributed by atoms with E-state index >= 15 is 0 Å².